The van der Waals surface area contributed by atoms with Crippen LogP contribution in [0.5, 0.6) is 0 Å². The van der Waals surface area contributed by atoms with Gasteiger partial charge >= 0.3 is 0 Å². The summed E-state index contributed by atoms with van der Waals surface area (Å²) < 4.78 is 0. The largest absolute Gasteiger partial charge is 0.376 e. The average Bonchev–Trinajstić information content (AvgIpc) is 2.60. The number of carbonyl (C=O) groups is 1. The number of allylic oxidation sites excluding steroid dienone is 1. The van der Waals surface area contributed by atoms with E-state index in [1.54, 1.807) is 0 Å². The van der Waals surface area contributed by atoms with Gasteiger partial charge < -0.3 is 5.32 Å². The number of hydrogen-bond acceptors (Lipinski definition) is 3. The van der Waals surface area contributed by atoms with Gasteiger partial charge in [-0.2, -0.15) is 5.10 Å². The summed E-state index contributed by atoms with van der Waals surface area (Å²) in [6.07, 6.45) is 3.79. The molecule has 0 aromatic heterocycles. The van der Waals surface area contributed by atoms with Gasteiger partial charge in [0.2, 0.25) is 0 Å². The molecule has 0 radical (unpaired) electrons. The van der Waals surface area contributed by atoms with Crippen molar-refractivity contribution in [1.29, 1.82) is 0 Å². The molecule has 0 atom stereocenters. The summed E-state index contributed by atoms with van der Waals surface area (Å²) >= 11 is 6.05. The summed E-state index contributed by atoms with van der Waals surface area (Å²) in [4.78, 5) is 11.9. The Labute approximate surface area is 147 Å². The molecule has 24 heavy (non-hydrogen) atoms. The van der Waals surface area contributed by atoms with E-state index < -0.39 is 0 Å². The van der Waals surface area contributed by atoms with Gasteiger partial charge in [-0.3, -0.25) is 4.79 Å². The lowest BCUT2D eigenvalue weighted by molar-refractivity contribution is -0.119. The summed E-state index contributed by atoms with van der Waals surface area (Å²) in [7, 11) is 0. The lowest BCUT2D eigenvalue weighted by atomic mass is 10.2. The second kappa shape index (κ2) is 8.89. The number of amides is 1. The van der Waals surface area contributed by atoms with Crippen molar-refractivity contribution in [1.82, 2.24) is 5.43 Å². The molecule has 0 aliphatic heterocycles. The minimum absolute atomic E-state index is 0.125. The smallest absolute Gasteiger partial charge is 0.259 e. The Hall–Kier alpha value is -2.59. The number of hydrazone groups is 1. The topological polar surface area (TPSA) is 53.5 Å². The first-order valence-corrected chi connectivity index (χ1v) is 7.99. The Morgan fingerprint density at radius 3 is 2.67 bits per heavy atom. The van der Waals surface area contributed by atoms with Crippen molar-refractivity contribution in [3.63, 3.8) is 0 Å². The zero-order valence-electron chi connectivity index (χ0n) is 13.7. The Bertz CT molecular complexity index is 754. The van der Waals surface area contributed by atoms with Crippen LogP contribution >= 0.6 is 11.6 Å². The maximum Gasteiger partial charge on any atom is 0.259 e. The first-order valence-electron chi connectivity index (χ1n) is 7.61. The van der Waals surface area contributed by atoms with Crippen molar-refractivity contribution in [3.8, 4) is 0 Å². The van der Waals surface area contributed by atoms with Crippen LogP contribution in [-0.2, 0) is 4.79 Å². The molecule has 0 fully saturated rings. The van der Waals surface area contributed by atoms with Gasteiger partial charge in [0, 0.05) is 10.7 Å². The third-order valence-electron chi connectivity index (χ3n) is 3.38. The number of halogens is 1. The zero-order valence-corrected chi connectivity index (χ0v) is 14.5. The fourth-order valence-corrected chi connectivity index (χ4v) is 2.16. The highest BCUT2D eigenvalue weighted by Crippen LogP contribution is 2.22. The van der Waals surface area contributed by atoms with Gasteiger partial charge in [-0.15, -0.1) is 0 Å². The third-order valence-corrected chi connectivity index (χ3v) is 3.79. The van der Waals surface area contributed by atoms with Gasteiger partial charge in [-0.25, -0.2) is 5.43 Å². The number of carbonyl (C=O) groups excluding carboxylic acids is 1. The van der Waals surface area contributed by atoms with E-state index in [0.29, 0.717) is 10.7 Å². The van der Waals surface area contributed by atoms with Gasteiger partial charge in [-0.1, -0.05) is 54.1 Å². The lowest BCUT2D eigenvalue weighted by Crippen LogP contribution is -2.26. The first kappa shape index (κ1) is 17.8. The third kappa shape index (κ3) is 5.56. The average molecular weight is 342 g/mol. The molecular formula is C19H20ClN3O. The van der Waals surface area contributed by atoms with Crippen LogP contribution in [0.2, 0.25) is 5.02 Å². The molecule has 2 N–H and O–H groups in total. The standard InChI is InChI=1S/C19H20ClN3O/c1-14(11-12-16-7-4-3-5-8-16)22-23-19(24)13-21-18-10-6-9-17(20)15(18)2/h3-12,21H,13H2,1-2H3,(H,23,24)/b12-11-,22-14?. The highest BCUT2D eigenvalue weighted by atomic mass is 35.5. The molecule has 124 valence electrons. The van der Waals surface area contributed by atoms with E-state index in [0.717, 1.165) is 16.8 Å². The Balaban J connectivity index is 1.83. The van der Waals surface area contributed by atoms with Crippen LogP contribution in [0.3, 0.4) is 0 Å². The summed E-state index contributed by atoms with van der Waals surface area (Å²) in [6.45, 7) is 3.86. The van der Waals surface area contributed by atoms with E-state index in [1.165, 1.54) is 0 Å². The molecule has 0 saturated heterocycles. The summed E-state index contributed by atoms with van der Waals surface area (Å²) in [5.41, 5.74) is 6.07. The summed E-state index contributed by atoms with van der Waals surface area (Å²) in [6, 6.07) is 15.4. The predicted octanol–water partition coefficient (Wildman–Crippen LogP) is 4.27. The van der Waals surface area contributed by atoms with Crippen LogP contribution in [0.15, 0.2) is 59.7 Å². The summed E-state index contributed by atoms with van der Waals surface area (Å²) in [5, 5.41) is 7.77. The SMILES string of the molecule is CC(/C=C\c1ccccc1)=NNC(=O)CNc1cccc(Cl)c1C. The highest BCUT2D eigenvalue weighted by Gasteiger charge is 2.04. The van der Waals surface area contributed by atoms with Gasteiger partial charge in [0.15, 0.2) is 0 Å². The van der Waals surface area contributed by atoms with Crippen molar-refractivity contribution >= 4 is 35.0 Å². The monoisotopic (exact) mass is 341 g/mol. The quantitative estimate of drug-likeness (QED) is 0.609. The van der Waals surface area contributed by atoms with Crippen molar-refractivity contribution in [2.75, 3.05) is 11.9 Å². The highest BCUT2D eigenvalue weighted by molar-refractivity contribution is 6.31. The molecule has 0 unspecified atom stereocenters. The first-order chi connectivity index (χ1) is 11.6. The molecule has 5 heteroatoms. The molecule has 0 spiro atoms. The Kier molecular flexibility index (Phi) is 6.58. The fourth-order valence-electron chi connectivity index (χ4n) is 1.98. The minimum Gasteiger partial charge on any atom is -0.376 e. The Morgan fingerprint density at radius 2 is 1.92 bits per heavy atom. The molecule has 0 heterocycles. The van der Waals surface area contributed by atoms with Gasteiger partial charge in [0.25, 0.3) is 5.91 Å². The zero-order chi connectivity index (χ0) is 17.4. The number of hydrogen-bond donors (Lipinski definition) is 2. The van der Waals surface area contributed by atoms with Crippen LogP contribution in [-0.4, -0.2) is 18.2 Å². The second-order valence-electron chi connectivity index (χ2n) is 5.30. The van der Waals surface area contributed by atoms with Crippen molar-refractivity contribution in [2.45, 2.75) is 13.8 Å². The molecule has 0 bridgehead atoms. The van der Waals surface area contributed by atoms with E-state index in [1.807, 2.05) is 74.5 Å². The van der Waals surface area contributed by atoms with Gasteiger partial charge in [0.1, 0.15) is 0 Å². The molecule has 1 amide bonds. The minimum atomic E-state index is -0.221. The molecule has 2 rings (SSSR count). The number of nitrogens with one attached hydrogen (secondary N) is 2. The normalized spacial score (nSPS) is 11.5. The number of benzene rings is 2. The molecule has 2 aromatic rings. The van der Waals surface area contributed by atoms with E-state index in [-0.39, 0.29) is 12.5 Å². The van der Waals surface area contributed by atoms with Crippen LogP contribution in [0, 0.1) is 6.92 Å². The van der Waals surface area contributed by atoms with Crippen molar-refractivity contribution < 1.29 is 4.79 Å². The maximum atomic E-state index is 11.9. The molecule has 4 nitrogen and oxygen atoms in total. The predicted molar refractivity (Wildman–Crippen MR) is 101 cm³/mol. The van der Waals surface area contributed by atoms with E-state index in [2.05, 4.69) is 15.8 Å². The molecule has 0 aliphatic rings. The van der Waals surface area contributed by atoms with Crippen LogP contribution < -0.4 is 10.7 Å². The lowest BCUT2D eigenvalue weighted by Gasteiger charge is -2.09. The second-order valence-corrected chi connectivity index (χ2v) is 5.71. The van der Waals surface area contributed by atoms with Crippen molar-refractivity contribution in [3.05, 3.63) is 70.8 Å². The van der Waals surface area contributed by atoms with E-state index >= 15 is 0 Å². The van der Waals surface area contributed by atoms with Gasteiger partial charge in [0.05, 0.1) is 12.3 Å². The summed E-state index contributed by atoms with van der Waals surface area (Å²) in [5.74, 6) is -0.221. The number of rotatable bonds is 6. The Morgan fingerprint density at radius 1 is 1.17 bits per heavy atom. The molecule has 0 saturated carbocycles. The molecule has 2 aromatic carbocycles. The number of anilines is 1. The maximum absolute atomic E-state index is 11.9. The number of nitrogens with zero attached hydrogens (tertiary/aromatic N) is 1. The van der Waals surface area contributed by atoms with Gasteiger partial charge in [-0.05, 0) is 43.2 Å². The van der Waals surface area contributed by atoms with E-state index in [4.69, 9.17) is 11.6 Å². The van der Waals surface area contributed by atoms with E-state index in [9.17, 15) is 4.79 Å². The molecule has 0 aliphatic carbocycles. The molecular weight excluding hydrogens is 322 g/mol. The van der Waals surface area contributed by atoms with Crippen molar-refractivity contribution in [2.24, 2.45) is 5.10 Å². The van der Waals surface area contributed by atoms with Crippen LogP contribution in [0.25, 0.3) is 6.08 Å². The van der Waals surface area contributed by atoms with Crippen LogP contribution in [0.4, 0.5) is 5.69 Å². The van der Waals surface area contributed by atoms with Crippen LogP contribution in [0.1, 0.15) is 18.1 Å². The fraction of sp³-hybridized carbons (Fsp3) is 0.158.